The predicted molar refractivity (Wildman–Crippen MR) is 112 cm³/mol. The minimum Gasteiger partial charge on any atom is -0.508 e. The fraction of sp³-hybridized carbons (Fsp3) is 0.208. The third kappa shape index (κ3) is 4.19. The molecule has 1 unspecified atom stereocenters. The van der Waals surface area contributed by atoms with Crippen LogP contribution in [0.5, 0.6) is 23.0 Å². The third-order valence-electron chi connectivity index (χ3n) is 5.01. The molecule has 1 atom stereocenters. The van der Waals surface area contributed by atoms with Crippen LogP contribution < -0.4 is 10.2 Å². The van der Waals surface area contributed by atoms with E-state index < -0.39 is 11.3 Å². The minimum absolute atomic E-state index is 0.0748. The first kappa shape index (κ1) is 20.3. The largest absolute Gasteiger partial charge is 0.508 e. The maximum Gasteiger partial charge on any atom is 0.220 e. The number of phenols is 2. The molecule has 29 heavy (non-hydrogen) atoms. The molecule has 5 heteroatoms. The molecule has 5 nitrogen and oxygen atoms in total. The van der Waals surface area contributed by atoms with E-state index in [1.807, 2.05) is 32.0 Å². The maximum absolute atomic E-state index is 12.6. The van der Waals surface area contributed by atoms with Gasteiger partial charge in [0.1, 0.15) is 17.2 Å². The fourth-order valence-electron chi connectivity index (χ4n) is 3.37. The average molecular weight is 392 g/mol. The molecule has 0 heterocycles. The number of aromatic hydroxyl groups is 3. The van der Waals surface area contributed by atoms with Crippen LogP contribution in [-0.2, 0) is 0 Å². The monoisotopic (exact) mass is 392 g/mol. The second kappa shape index (κ2) is 8.27. The van der Waals surface area contributed by atoms with Crippen LogP contribution in [0.4, 0.5) is 0 Å². The van der Waals surface area contributed by atoms with Gasteiger partial charge in [-0.2, -0.15) is 0 Å². The van der Waals surface area contributed by atoms with E-state index in [0.29, 0.717) is 16.9 Å². The van der Waals surface area contributed by atoms with Gasteiger partial charge in [-0.15, -0.1) is 0 Å². The molecule has 0 saturated heterocycles. The lowest BCUT2D eigenvalue weighted by molar-refractivity contribution is 0.414. The second-order valence-corrected chi connectivity index (χ2v) is 7.25. The van der Waals surface area contributed by atoms with Crippen molar-refractivity contribution >= 4 is 0 Å². The standard InChI is InChI=1S/C24H24O5/c1-14(2)16-6-10-20(24(28)22(27)12-16)23(15-4-8-18(29-3)9-5-15)19-11-7-17(25)13-21(19)26/h4-14,23,25-26H,1-3H3,(H,27,28). The lowest BCUT2D eigenvalue weighted by atomic mass is 9.84. The summed E-state index contributed by atoms with van der Waals surface area (Å²) in [6.07, 6.45) is 0. The molecule has 3 rings (SSSR count). The Morgan fingerprint density at radius 3 is 2.00 bits per heavy atom. The molecular formula is C24H24O5. The number of benzene rings is 2. The SMILES string of the molecule is COc1ccc(C(c2ccc(O)cc2O)c2ccc(C(C)C)cc(=O)c2O)cc1. The van der Waals surface area contributed by atoms with Crippen LogP contribution in [0.15, 0.2) is 65.5 Å². The van der Waals surface area contributed by atoms with E-state index in [1.54, 1.807) is 31.4 Å². The molecule has 0 bridgehead atoms. The molecule has 3 aromatic rings. The van der Waals surface area contributed by atoms with Gasteiger partial charge in [-0.1, -0.05) is 44.2 Å². The van der Waals surface area contributed by atoms with Crippen LogP contribution in [-0.4, -0.2) is 22.4 Å². The van der Waals surface area contributed by atoms with Gasteiger partial charge in [0.15, 0.2) is 5.75 Å². The van der Waals surface area contributed by atoms with Gasteiger partial charge in [0, 0.05) is 23.1 Å². The number of ether oxygens (including phenoxy) is 1. The van der Waals surface area contributed by atoms with Gasteiger partial charge in [-0.05, 0) is 41.3 Å². The molecule has 0 amide bonds. The van der Waals surface area contributed by atoms with Crippen molar-refractivity contribution in [3.8, 4) is 23.0 Å². The number of phenolic OH excluding ortho intramolecular Hbond substituents is 2. The van der Waals surface area contributed by atoms with E-state index in [2.05, 4.69) is 0 Å². The molecule has 0 saturated carbocycles. The summed E-state index contributed by atoms with van der Waals surface area (Å²) in [5, 5.41) is 30.9. The van der Waals surface area contributed by atoms with E-state index in [4.69, 9.17) is 4.74 Å². The summed E-state index contributed by atoms with van der Waals surface area (Å²) in [7, 11) is 1.57. The van der Waals surface area contributed by atoms with Crippen molar-refractivity contribution in [3.63, 3.8) is 0 Å². The van der Waals surface area contributed by atoms with Crippen molar-refractivity contribution in [2.45, 2.75) is 25.7 Å². The van der Waals surface area contributed by atoms with Gasteiger partial charge in [-0.3, -0.25) is 4.79 Å². The topological polar surface area (TPSA) is 87.0 Å². The van der Waals surface area contributed by atoms with Crippen molar-refractivity contribution in [2.24, 2.45) is 0 Å². The Morgan fingerprint density at radius 1 is 0.793 bits per heavy atom. The number of hydrogen-bond acceptors (Lipinski definition) is 5. The van der Waals surface area contributed by atoms with Crippen molar-refractivity contribution < 1.29 is 20.1 Å². The second-order valence-electron chi connectivity index (χ2n) is 7.25. The van der Waals surface area contributed by atoms with E-state index in [0.717, 1.165) is 11.1 Å². The van der Waals surface area contributed by atoms with Crippen molar-refractivity contribution in [2.75, 3.05) is 7.11 Å². The van der Waals surface area contributed by atoms with Crippen molar-refractivity contribution in [3.05, 3.63) is 93.1 Å². The first-order valence-corrected chi connectivity index (χ1v) is 9.34. The van der Waals surface area contributed by atoms with Gasteiger partial charge >= 0.3 is 0 Å². The van der Waals surface area contributed by atoms with Gasteiger partial charge in [0.05, 0.1) is 7.11 Å². The Bertz CT molecular complexity index is 1070. The number of rotatable bonds is 5. The normalized spacial score (nSPS) is 12.0. The molecule has 3 N–H and O–H groups in total. The van der Waals surface area contributed by atoms with Crippen LogP contribution in [0.1, 0.15) is 47.9 Å². The smallest absolute Gasteiger partial charge is 0.220 e. The Labute approximate surface area is 169 Å². The molecule has 0 aromatic heterocycles. The molecular weight excluding hydrogens is 368 g/mol. The summed E-state index contributed by atoms with van der Waals surface area (Å²) in [5.74, 6) is -0.421. The highest BCUT2D eigenvalue weighted by Crippen LogP contribution is 2.40. The molecule has 0 aliphatic rings. The lowest BCUT2D eigenvalue weighted by Crippen LogP contribution is -2.07. The molecule has 0 fully saturated rings. The Balaban J connectivity index is 2.29. The summed E-state index contributed by atoms with van der Waals surface area (Å²) < 4.78 is 5.22. The molecule has 0 radical (unpaired) electrons. The van der Waals surface area contributed by atoms with E-state index in [9.17, 15) is 20.1 Å². The van der Waals surface area contributed by atoms with Gasteiger partial charge in [0.2, 0.25) is 5.43 Å². The molecule has 150 valence electrons. The number of hydrogen-bond donors (Lipinski definition) is 3. The highest BCUT2D eigenvalue weighted by Gasteiger charge is 2.24. The molecule has 3 aromatic carbocycles. The van der Waals surface area contributed by atoms with Crippen LogP contribution in [0.3, 0.4) is 0 Å². The summed E-state index contributed by atoms with van der Waals surface area (Å²) in [6.45, 7) is 3.94. The summed E-state index contributed by atoms with van der Waals surface area (Å²) in [4.78, 5) is 12.6. The van der Waals surface area contributed by atoms with Crippen molar-refractivity contribution in [1.29, 1.82) is 0 Å². The maximum atomic E-state index is 12.6. The summed E-state index contributed by atoms with van der Waals surface area (Å²) in [5.41, 5.74) is 1.90. The number of methoxy groups -OCH3 is 1. The zero-order valence-electron chi connectivity index (χ0n) is 16.6. The third-order valence-corrected chi connectivity index (χ3v) is 5.01. The predicted octanol–water partition coefficient (Wildman–Crippen LogP) is 4.48. The average Bonchev–Trinajstić information content (AvgIpc) is 2.84. The Kier molecular flexibility index (Phi) is 5.78. The Morgan fingerprint density at radius 2 is 1.41 bits per heavy atom. The molecule has 0 aliphatic carbocycles. The van der Waals surface area contributed by atoms with Crippen LogP contribution >= 0.6 is 0 Å². The van der Waals surface area contributed by atoms with Crippen LogP contribution in [0.2, 0.25) is 0 Å². The summed E-state index contributed by atoms with van der Waals surface area (Å²) >= 11 is 0. The van der Waals surface area contributed by atoms with E-state index in [-0.39, 0.29) is 23.2 Å². The Hall–Kier alpha value is -3.47. The van der Waals surface area contributed by atoms with Crippen molar-refractivity contribution in [1.82, 2.24) is 0 Å². The summed E-state index contributed by atoms with van der Waals surface area (Å²) in [6, 6.07) is 16.4. The first-order valence-electron chi connectivity index (χ1n) is 9.34. The van der Waals surface area contributed by atoms with Gasteiger partial charge in [0.25, 0.3) is 0 Å². The zero-order chi connectivity index (χ0) is 21.1. The van der Waals surface area contributed by atoms with E-state index in [1.165, 1.54) is 18.2 Å². The van der Waals surface area contributed by atoms with Crippen LogP contribution in [0.25, 0.3) is 0 Å². The lowest BCUT2D eigenvalue weighted by Gasteiger charge is -2.20. The highest BCUT2D eigenvalue weighted by molar-refractivity contribution is 5.54. The zero-order valence-corrected chi connectivity index (χ0v) is 16.6. The highest BCUT2D eigenvalue weighted by atomic mass is 16.5. The van der Waals surface area contributed by atoms with E-state index >= 15 is 0 Å². The first-order chi connectivity index (χ1) is 13.8. The molecule has 0 aliphatic heterocycles. The van der Waals surface area contributed by atoms with Crippen LogP contribution in [0, 0.1) is 0 Å². The van der Waals surface area contributed by atoms with Gasteiger partial charge in [-0.25, -0.2) is 0 Å². The molecule has 0 spiro atoms. The fourth-order valence-corrected chi connectivity index (χ4v) is 3.37. The van der Waals surface area contributed by atoms with Gasteiger partial charge < -0.3 is 20.1 Å². The quantitative estimate of drug-likeness (QED) is 0.596. The minimum atomic E-state index is -0.624.